The number of sulfonamides is 1. The van der Waals surface area contributed by atoms with Gasteiger partial charge in [-0.25, -0.2) is 12.8 Å². The van der Waals surface area contributed by atoms with E-state index in [1.807, 2.05) is 0 Å². The van der Waals surface area contributed by atoms with Crippen LogP contribution in [-0.4, -0.2) is 36.4 Å². The van der Waals surface area contributed by atoms with Gasteiger partial charge in [0, 0.05) is 12.6 Å². The van der Waals surface area contributed by atoms with Crippen LogP contribution in [0.2, 0.25) is 0 Å². The van der Waals surface area contributed by atoms with E-state index in [1.54, 1.807) is 13.8 Å². The number of benzene rings is 1. The molecule has 1 rings (SSSR count). The lowest BCUT2D eigenvalue weighted by atomic mass is 10.2. The molecule has 1 unspecified atom stereocenters. The Balaban J connectivity index is 3.13. The Morgan fingerprint density at radius 2 is 1.75 bits per heavy atom. The van der Waals surface area contributed by atoms with E-state index in [-0.39, 0.29) is 11.4 Å². The minimum absolute atomic E-state index is 0.0508. The van der Waals surface area contributed by atoms with E-state index in [0.717, 1.165) is 16.4 Å². The van der Waals surface area contributed by atoms with Gasteiger partial charge in [-0.3, -0.25) is 4.79 Å². The lowest BCUT2D eigenvalue weighted by Gasteiger charge is -2.27. The highest BCUT2D eigenvalue weighted by Crippen LogP contribution is 2.20. The molecule has 0 heterocycles. The number of halogens is 1. The van der Waals surface area contributed by atoms with Crippen molar-refractivity contribution in [3.63, 3.8) is 0 Å². The number of hydrogen-bond acceptors (Lipinski definition) is 3. The topological polar surface area (TPSA) is 74.7 Å². The van der Waals surface area contributed by atoms with Crippen LogP contribution in [0.4, 0.5) is 4.39 Å². The van der Waals surface area contributed by atoms with Crippen molar-refractivity contribution in [2.24, 2.45) is 5.92 Å². The lowest BCUT2D eigenvalue weighted by molar-refractivity contribution is -0.141. The number of aliphatic carboxylic acids is 1. The summed E-state index contributed by atoms with van der Waals surface area (Å²) >= 11 is 0. The number of hydrogen-bond donors (Lipinski definition) is 1. The van der Waals surface area contributed by atoms with Gasteiger partial charge in [-0.05, 0) is 38.1 Å². The zero-order valence-corrected chi connectivity index (χ0v) is 12.4. The van der Waals surface area contributed by atoms with Crippen molar-refractivity contribution < 1.29 is 22.7 Å². The number of rotatable bonds is 6. The Hall–Kier alpha value is -1.47. The van der Waals surface area contributed by atoms with Gasteiger partial charge in [-0.2, -0.15) is 4.31 Å². The van der Waals surface area contributed by atoms with Gasteiger partial charge in [-0.1, -0.05) is 6.92 Å². The minimum Gasteiger partial charge on any atom is -0.481 e. The molecule has 0 aliphatic rings. The zero-order chi connectivity index (χ0) is 15.5. The van der Waals surface area contributed by atoms with Crippen LogP contribution in [0.15, 0.2) is 29.2 Å². The number of carboxylic acid groups (broad SMARTS) is 1. The smallest absolute Gasteiger partial charge is 0.307 e. The quantitative estimate of drug-likeness (QED) is 0.871. The van der Waals surface area contributed by atoms with E-state index in [0.29, 0.717) is 0 Å². The van der Waals surface area contributed by atoms with Crippen molar-refractivity contribution in [2.45, 2.75) is 31.7 Å². The second kappa shape index (κ2) is 6.32. The van der Waals surface area contributed by atoms with Crippen LogP contribution in [-0.2, 0) is 14.8 Å². The van der Waals surface area contributed by atoms with E-state index in [9.17, 15) is 17.6 Å². The fourth-order valence-electron chi connectivity index (χ4n) is 1.68. The molecule has 112 valence electrons. The first-order chi connectivity index (χ1) is 9.16. The van der Waals surface area contributed by atoms with Gasteiger partial charge in [0.05, 0.1) is 10.8 Å². The average Bonchev–Trinajstić information content (AvgIpc) is 2.35. The molecule has 1 atom stereocenters. The lowest BCUT2D eigenvalue weighted by Crippen LogP contribution is -2.41. The maximum absolute atomic E-state index is 12.9. The van der Waals surface area contributed by atoms with Crippen molar-refractivity contribution in [1.82, 2.24) is 4.31 Å². The summed E-state index contributed by atoms with van der Waals surface area (Å²) in [6.07, 6.45) is 0. The monoisotopic (exact) mass is 303 g/mol. The maximum atomic E-state index is 12.9. The molecule has 0 amide bonds. The van der Waals surface area contributed by atoms with E-state index in [1.165, 1.54) is 19.1 Å². The van der Waals surface area contributed by atoms with E-state index in [2.05, 4.69) is 0 Å². The van der Waals surface area contributed by atoms with E-state index >= 15 is 0 Å². The van der Waals surface area contributed by atoms with Crippen LogP contribution >= 0.6 is 0 Å². The molecule has 0 aliphatic heterocycles. The summed E-state index contributed by atoms with van der Waals surface area (Å²) < 4.78 is 38.9. The van der Waals surface area contributed by atoms with Crippen LogP contribution in [0, 0.1) is 11.7 Å². The Bertz CT molecular complexity index is 569. The Labute approximate surface area is 118 Å². The molecule has 1 aromatic rings. The Morgan fingerprint density at radius 1 is 1.25 bits per heavy atom. The summed E-state index contributed by atoms with van der Waals surface area (Å²) in [6, 6.07) is 4.07. The van der Waals surface area contributed by atoms with Crippen LogP contribution in [0.3, 0.4) is 0 Å². The second-order valence-electron chi connectivity index (χ2n) is 4.86. The van der Waals surface area contributed by atoms with Crippen LogP contribution in [0.5, 0.6) is 0 Å². The van der Waals surface area contributed by atoms with Gasteiger partial charge in [-0.15, -0.1) is 0 Å². The fourth-order valence-corrected chi connectivity index (χ4v) is 3.40. The Morgan fingerprint density at radius 3 is 2.15 bits per heavy atom. The molecule has 0 saturated carbocycles. The van der Waals surface area contributed by atoms with Gasteiger partial charge in [0.15, 0.2) is 0 Å². The summed E-state index contributed by atoms with van der Waals surface area (Å²) in [5.41, 5.74) is 0. The van der Waals surface area contributed by atoms with E-state index in [4.69, 9.17) is 5.11 Å². The second-order valence-corrected chi connectivity index (χ2v) is 6.75. The number of carboxylic acids is 1. The van der Waals surface area contributed by atoms with Crippen LogP contribution < -0.4 is 0 Å². The predicted molar refractivity (Wildman–Crippen MR) is 72.2 cm³/mol. The van der Waals surface area contributed by atoms with Crippen molar-refractivity contribution in [1.29, 1.82) is 0 Å². The molecular formula is C13H18FNO4S. The molecule has 20 heavy (non-hydrogen) atoms. The molecular weight excluding hydrogens is 285 g/mol. The van der Waals surface area contributed by atoms with Crippen LogP contribution in [0.25, 0.3) is 0 Å². The first kappa shape index (κ1) is 16.6. The summed E-state index contributed by atoms with van der Waals surface area (Å²) in [6.45, 7) is 4.63. The summed E-state index contributed by atoms with van der Waals surface area (Å²) in [5.74, 6) is -2.42. The highest BCUT2D eigenvalue weighted by Gasteiger charge is 2.30. The highest BCUT2D eigenvalue weighted by atomic mass is 32.2. The fraction of sp³-hybridized carbons (Fsp3) is 0.462. The SMILES string of the molecule is CC(CN(C(C)C)S(=O)(=O)c1ccc(F)cc1)C(=O)O. The number of carbonyl (C=O) groups is 1. The Kier molecular flexibility index (Phi) is 5.24. The standard InChI is InChI=1S/C13H18FNO4S/c1-9(2)15(8-10(3)13(16)17)20(18,19)12-6-4-11(14)5-7-12/h4-7,9-10H,8H2,1-3H3,(H,16,17). The average molecular weight is 303 g/mol. The van der Waals surface area contributed by atoms with Crippen molar-refractivity contribution in [3.05, 3.63) is 30.1 Å². The molecule has 5 nitrogen and oxygen atoms in total. The van der Waals surface area contributed by atoms with Crippen molar-refractivity contribution >= 4 is 16.0 Å². The first-order valence-electron chi connectivity index (χ1n) is 6.16. The molecule has 0 radical (unpaired) electrons. The minimum atomic E-state index is -3.84. The largest absolute Gasteiger partial charge is 0.481 e. The molecule has 1 N–H and O–H groups in total. The van der Waals surface area contributed by atoms with Gasteiger partial charge in [0.1, 0.15) is 5.82 Å². The molecule has 7 heteroatoms. The summed E-state index contributed by atoms with van der Waals surface area (Å²) in [7, 11) is -3.84. The molecule has 0 spiro atoms. The highest BCUT2D eigenvalue weighted by molar-refractivity contribution is 7.89. The van der Waals surface area contributed by atoms with E-state index < -0.39 is 33.8 Å². The normalized spacial score (nSPS) is 13.7. The maximum Gasteiger partial charge on any atom is 0.307 e. The summed E-state index contributed by atoms with van der Waals surface area (Å²) in [4.78, 5) is 10.8. The third-order valence-electron chi connectivity index (χ3n) is 2.87. The van der Waals surface area contributed by atoms with Gasteiger partial charge >= 0.3 is 5.97 Å². The van der Waals surface area contributed by atoms with Gasteiger partial charge in [0.25, 0.3) is 0 Å². The third kappa shape index (κ3) is 3.77. The summed E-state index contributed by atoms with van der Waals surface area (Å²) in [5, 5.41) is 8.91. The molecule has 0 saturated heterocycles. The van der Waals surface area contributed by atoms with Crippen molar-refractivity contribution in [2.75, 3.05) is 6.54 Å². The third-order valence-corrected chi connectivity index (χ3v) is 4.93. The van der Waals surface area contributed by atoms with Gasteiger partial charge < -0.3 is 5.11 Å². The molecule has 0 aliphatic carbocycles. The molecule has 0 bridgehead atoms. The van der Waals surface area contributed by atoms with Crippen molar-refractivity contribution in [3.8, 4) is 0 Å². The zero-order valence-electron chi connectivity index (χ0n) is 11.6. The molecule has 0 aromatic heterocycles. The molecule has 0 fully saturated rings. The number of nitrogens with zero attached hydrogens (tertiary/aromatic N) is 1. The van der Waals surface area contributed by atoms with Crippen LogP contribution in [0.1, 0.15) is 20.8 Å². The predicted octanol–water partition coefficient (Wildman–Crippen LogP) is 1.95. The first-order valence-corrected chi connectivity index (χ1v) is 7.60. The van der Waals surface area contributed by atoms with Gasteiger partial charge in [0.2, 0.25) is 10.0 Å². The molecule has 1 aromatic carbocycles.